The number of hydrogen-bond donors (Lipinski definition) is 1. The molecule has 2 atom stereocenters. The number of rotatable bonds is 4. The van der Waals surface area contributed by atoms with E-state index in [2.05, 4.69) is 42.3 Å². The minimum Gasteiger partial charge on any atom is -0.494 e. The van der Waals surface area contributed by atoms with Crippen molar-refractivity contribution in [1.82, 2.24) is 10.2 Å². The fraction of sp³-hybridized carbons (Fsp3) is 0.600. The Bertz CT molecular complexity index is 381. The summed E-state index contributed by atoms with van der Waals surface area (Å²) in [5.41, 5.74) is 1.29. The van der Waals surface area contributed by atoms with E-state index >= 15 is 0 Å². The van der Waals surface area contributed by atoms with Crippen molar-refractivity contribution in [1.29, 1.82) is 0 Å². The second kappa shape index (κ2) is 6.21. The van der Waals surface area contributed by atoms with Gasteiger partial charge in [-0.25, -0.2) is 0 Å². The molecule has 0 saturated carbocycles. The Balaban J connectivity index is 2.07. The first kappa shape index (κ1) is 13.4. The van der Waals surface area contributed by atoms with Crippen LogP contribution in [0.5, 0.6) is 5.75 Å². The molecule has 0 bridgehead atoms. The summed E-state index contributed by atoms with van der Waals surface area (Å²) in [5, 5.41) is 3.51. The van der Waals surface area contributed by atoms with Crippen molar-refractivity contribution in [3.63, 3.8) is 0 Å². The van der Waals surface area contributed by atoms with Crippen LogP contribution in [0.3, 0.4) is 0 Å². The van der Waals surface area contributed by atoms with Gasteiger partial charge in [-0.3, -0.25) is 4.90 Å². The van der Waals surface area contributed by atoms with E-state index in [0.717, 1.165) is 32.0 Å². The van der Waals surface area contributed by atoms with Crippen LogP contribution in [0.25, 0.3) is 0 Å². The molecular formula is C15H24N2O. The van der Waals surface area contributed by atoms with Gasteiger partial charge in [0.25, 0.3) is 0 Å². The van der Waals surface area contributed by atoms with Crippen LogP contribution in [0.15, 0.2) is 24.3 Å². The van der Waals surface area contributed by atoms with Gasteiger partial charge in [0.2, 0.25) is 0 Å². The fourth-order valence-corrected chi connectivity index (χ4v) is 2.47. The summed E-state index contributed by atoms with van der Waals surface area (Å²) in [7, 11) is 0. The molecule has 100 valence electrons. The zero-order chi connectivity index (χ0) is 13.0. The average molecular weight is 248 g/mol. The summed E-state index contributed by atoms with van der Waals surface area (Å²) in [5.74, 6) is 1.03. The van der Waals surface area contributed by atoms with Gasteiger partial charge in [-0.1, -0.05) is 18.2 Å². The van der Waals surface area contributed by atoms with E-state index in [1.807, 2.05) is 13.0 Å². The van der Waals surface area contributed by atoms with Gasteiger partial charge in [-0.2, -0.15) is 0 Å². The van der Waals surface area contributed by atoms with Crippen LogP contribution < -0.4 is 10.1 Å². The predicted molar refractivity (Wildman–Crippen MR) is 74.9 cm³/mol. The highest BCUT2D eigenvalue weighted by Gasteiger charge is 2.22. The Hall–Kier alpha value is -1.06. The first-order valence-corrected chi connectivity index (χ1v) is 6.88. The van der Waals surface area contributed by atoms with Crippen molar-refractivity contribution >= 4 is 0 Å². The lowest BCUT2D eigenvalue weighted by atomic mass is 10.1. The van der Waals surface area contributed by atoms with Gasteiger partial charge in [0.15, 0.2) is 0 Å². The molecule has 0 radical (unpaired) electrons. The van der Waals surface area contributed by atoms with E-state index in [1.165, 1.54) is 5.56 Å². The zero-order valence-electron chi connectivity index (χ0n) is 11.6. The molecular weight excluding hydrogens is 224 g/mol. The fourth-order valence-electron chi connectivity index (χ4n) is 2.47. The number of hydrogen-bond acceptors (Lipinski definition) is 3. The molecule has 0 aliphatic carbocycles. The van der Waals surface area contributed by atoms with Crippen molar-refractivity contribution in [2.24, 2.45) is 0 Å². The smallest absolute Gasteiger partial charge is 0.123 e. The molecule has 1 aliphatic heterocycles. The summed E-state index contributed by atoms with van der Waals surface area (Å²) >= 11 is 0. The van der Waals surface area contributed by atoms with Crippen LogP contribution in [0.4, 0.5) is 0 Å². The topological polar surface area (TPSA) is 24.5 Å². The van der Waals surface area contributed by atoms with Gasteiger partial charge >= 0.3 is 0 Å². The molecule has 1 aromatic carbocycles. The Kier molecular flexibility index (Phi) is 4.61. The highest BCUT2D eigenvalue weighted by atomic mass is 16.5. The Morgan fingerprint density at radius 2 is 2.11 bits per heavy atom. The molecule has 2 unspecified atom stereocenters. The molecule has 0 aromatic heterocycles. The maximum Gasteiger partial charge on any atom is 0.123 e. The maximum absolute atomic E-state index is 5.70. The molecule has 3 heteroatoms. The summed E-state index contributed by atoms with van der Waals surface area (Å²) in [6, 6.07) is 9.52. The van der Waals surface area contributed by atoms with E-state index in [-0.39, 0.29) is 0 Å². The number of ether oxygens (including phenoxy) is 1. The third-order valence-electron chi connectivity index (χ3n) is 3.54. The van der Waals surface area contributed by atoms with Crippen LogP contribution in [0, 0.1) is 0 Å². The van der Waals surface area contributed by atoms with Crippen molar-refractivity contribution < 1.29 is 4.74 Å². The van der Waals surface area contributed by atoms with Gasteiger partial charge in [-0.05, 0) is 26.8 Å². The van der Waals surface area contributed by atoms with Crippen LogP contribution in [-0.2, 0) is 6.54 Å². The lowest BCUT2D eigenvalue weighted by molar-refractivity contribution is 0.137. The number of nitrogens with one attached hydrogen (secondary N) is 1. The first-order valence-electron chi connectivity index (χ1n) is 6.88. The summed E-state index contributed by atoms with van der Waals surface area (Å²) in [6.07, 6.45) is 0. The van der Waals surface area contributed by atoms with Crippen LogP contribution in [0.2, 0.25) is 0 Å². The molecule has 1 fully saturated rings. The molecule has 3 nitrogen and oxygen atoms in total. The van der Waals surface area contributed by atoms with Crippen LogP contribution in [-0.4, -0.2) is 36.7 Å². The van der Waals surface area contributed by atoms with Gasteiger partial charge in [0.05, 0.1) is 6.61 Å². The maximum atomic E-state index is 5.70. The van der Waals surface area contributed by atoms with E-state index in [0.29, 0.717) is 12.1 Å². The van der Waals surface area contributed by atoms with Crippen LogP contribution in [0.1, 0.15) is 26.3 Å². The minimum absolute atomic E-state index is 0.570. The molecule has 18 heavy (non-hydrogen) atoms. The van der Waals surface area contributed by atoms with Crippen molar-refractivity contribution in [3.8, 4) is 5.75 Å². The lowest BCUT2D eigenvalue weighted by Crippen LogP contribution is -2.53. The zero-order valence-corrected chi connectivity index (χ0v) is 11.6. The van der Waals surface area contributed by atoms with Crippen molar-refractivity contribution in [2.75, 3.05) is 19.7 Å². The second-order valence-electron chi connectivity index (χ2n) is 5.13. The molecule has 1 aliphatic rings. The van der Waals surface area contributed by atoms with E-state index in [4.69, 9.17) is 4.74 Å². The second-order valence-corrected chi connectivity index (χ2v) is 5.13. The molecule has 0 spiro atoms. The molecule has 0 amide bonds. The molecule has 1 aromatic rings. The minimum atomic E-state index is 0.570. The highest BCUT2D eigenvalue weighted by Crippen LogP contribution is 2.21. The van der Waals surface area contributed by atoms with E-state index < -0.39 is 0 Å². The van der Waals surface area contributed by atoms with Gasteiger partial charge < -0.3 is 10.1 Å². The van der Waals surface area contributed by atoms with Crippen molar-refractivity contribution in [3.05, 3.63) is 29.8 Å². The number of piperazine rings is 1. The monoisotopic (exact) mass is 248 g/mol. The SMILES string of the molecule is CCOc1ccccc1CN1CC(C)NCC1C. The molecule has 2 rings (SSSR count). The number of nitrogens with zero attached hydrogens (tertiary/aromatic N) is 1. The van der Waals surface area contributed by atoms with Crippen molar-refractivity contribution in [2.45, 2.75) is 39.4 Å². The molecule has 1 heterocycles. The highest BCUT2D eigenvalue weighted by molar-refractivity contribution is 5.33. The van der Waals surface area contributed by atoms with Gasteiger partial charge in [0.1, 0.15) is 5.75 Å². The standard InChI is InChI=1S/C15H24N2O/c1-4-18-15-8-6-5-7-14(15)11-17-10-12(2)16-9-13(17)3/h5-8,12-13,16H,4,9-11H2,1-3H3. The normalized spacial score (nSPS) is 25.1. The number of para-hydroxylation sites is 1. The lowest BCUT2D eigenvalue weighted by Gasteiger charge is -2.37. The Morgan fingerprint density at radius 1 is 1.33 bits per heavy atom. The molecule has 1 N–H and O–H groups in total. The third kappa shape index (κ3) is 3.24. The van der Waals surface area contributed by atoms with E-state index in [9.17, 15) is 0 Å². The number of benzene rings is 1. The quantitative estimate of drug-likeness (QED) is 0.884. The Labute approximate surface area is 110 Å². The largest absolute Gasteiger partial charge is 0.494 e. The van der Waals surface area contributed by atoms with Gasteiger partial charge in [0, 0.05) is 37.3 Å². The summed E-state index contributed by atoms with van der Waals surface area (Å²) < 4.78 is 5.70. The first-order chi connectivity index (χ1) is 8.70. The molecule has 1 saturated heterocycles. The summed E-state index contributed by atoms with van der Waals surface area (Å²) in [4.78, 5) is 2.53. The predicted octanol–water partition coefficient (Wildman–Crippen LogP) is 2.27. The van der Waals surface area contributed by atoms with E-state index in [1.54, 1.807) is 0 Å². The Morgan fingerprint density at radius 3 is 2.89 bits per heavy atom. The summed E-state index contributed by atoms with van der Waals surface area (Å²) in [6.45, 7) is 10.4. The van der Waals surface area contributed by atoms with Crippen LogP contribution >= 0.6 is 0 Å². The van der Waals surface area contributed by atoms with Gasteiger partial charge in [-0.15, -0.1) is 0 Å². The third-order valence-corrected chi connectivity index (χ3v) is 3.54. The average Bonchev–Trinajstić information content (AvgIpc) is 2.36.